The normalized spacial score (nSPS) is 11.8. The monoisotopic (exact) mass is 558 g/mol. The zero-order valence-corrected chi connectivity index (χ0v) is 23.6. The van der Waals surface area contributed by atoms with Gasteiger partial charge in [-0.05, 0) is 11.6 Å². The number of methoxy groups -OCH3 is 6. The van der Waals surface area contributed by atoms with Crippen LogP contribution >= 0.6 is 0 Å². The van der Waals surface area contributed by atoms with Gasteiger partial charge in [0.2, 0.25) is 5.43 Å². The van der Waals surface area contributed by atoms with Gasteiger partial charge < -0.3 is 37.9 Å². The first-order valence-electron chi connectivity index (χ1n) is 12.7. The highest BCUT2D eigenvalue weighted by atomic mass is 16.5. The van der Waals surface area contributed by atoms with E-state index in [2.05, 4.69) is 0 Å². The lowest BCUT2D eigenvalue weighted by molar-refractivity contribution is 0.347. The van der Waals surface area contributed by atoms with E-state index in [4.69, 9.17) is 32.8 Å². The Hall–Kier alpha value is -5.05. The molecule has 9 nitrogen and oxygen atoms in total. The number of benzene rings is 4. The zero-order chi connectivity index (χ0) is 29.3. The molecular formula is C32H30O9. The summed E-state index contributed by atoms with van der Waals surface area (Å²) in [6.07, 6.45) is 0. The fourth-order valence-corrected chi connectivity index (χ4v) is 5.21. The molecule has 0 aliphatic heterocycles. The van der Waals surface area contributed by atoms with Gasteiger partial charge in [-0.15, -0.1) is 0 Å². The number of ether oxygens (including phenoxy) is 6. The van der Waals surface area contributed by atoms with Gasteiger partial charge in [0.25, 0.3) is 0 Å². The van der Waals surface area contributed by atoms with Gasteiger partial charge in [0.05, 0.1) is 42.7 Å². The lowest BCUT2D eigenvalue weighted by atomic mass is 9.82. The van der Waals surface area contributed by atoms with Crippen LogP contribution in [0.4, 0.5) is 0 Å². The molecule has 41 heavy (non-hydrogen) atoms. The SMILES string of the molecule is COc1cc(OC)c2c(=O)c3c(O)cc(OC)c(C(c4ccccc4)c4cc(OC)c(OC)cc4OC)c3oc2c1. The molecule has 1 heterocycles. The molecule has 0 bridgehead atoms. The molecule has 0 radical (unpaired) electrons. The van der Waals surface area contributed by atoms with Gasteiger partial charge in [-0.2, -0.15) is 0 Å². The quantitative estimate of drug-likeness (QED) is 0.175. The van der Waals surface area contributed by atoms with E-state index in [9.17, 15) is 9.90 Å². The first kappa shape index (κ1) is 27.5. The molecule has 5 rings (SSSR count). The van der Waals surface area contributed by atoms with Gasteiger partial charge >= 0.3 is 0 Å². The van der Waals surface area contributed by atoms with Crippen molar-refractivity contribution >= 4 is 21.9 Å². The molecule has 0 fully saturated rings. The van der Waals surface area contributed by atoms with Crippen LogP contribution in [0.3, 0.4) is 0 Å². The minimum atomic E-state index is -0.600. The van der Waals surface area contributed by atoms with E-state index >= 15 is 0 Å². The van der Waals surface area contributed by atoms with Gasteiger partial charge in [-0.3, -0.25) is 4.79 Å². The number of phenolic OH excluding ortho intramolecular Hbond substituents is 1. The standard InChI is InChI=1S/C32H30O9/c1-35-18-12-24(39-5)29-26(13-18)41-32-28(31(29)34)20(33)15-25(40-6)30(32)27(17-10-8-7-9-11-17)19-14-22(37-3)23(38-4)16-21(19)36-2/h7-16,27,33H,1-6H3. The number of hydrogen-bond acceptors (Lipinski definition) is 9. The summed E-state index contributed by atoms with van der Waals surface area (Å²) in [7, 11) is 9.10. The van der Waals surface area contributed by atoms with Crippen LogP contribution in [0.25, 0.3) is 21.9 Å². The molecule has 9 heteroatoms. The third-order valence-corrected chi connectivity index (χ3v) is 7.11. The van der Waals surface area contributed by atoms with Gasteiger partial charge in [0, 0.05) is 41.3 Å². The molecule has 1 unspecified atom stereocenters. The number of fused-ring (bicyclic) bond motifs is 2. The Bertz CT molecular complexity index is 1790. The first-order chi connectivity index (χ1) is 19.9. The summed E-state index contributed by atoms with van der Waals surface area (Å²) in [5.74, 6) is 1.58. The largest absolute Gasteiger partial charge is 0.507 e. The van der Waals surface area contributed by atoms with Crippen molar-refractivity contribution in [2.24, 2.45) is 0 Å². The highest BCUT2D eigenvalue weighted by Crippen LogP contribution is 2.49. The Kier molecular flexibility index (Phi) is 7.52. The van der Waals surface area contributed by atoms with Gasteiger partial charge in [-0.25, -0.2) is 0 Å². The molecule has 1 aromatic heterocycles. The molecule has 5 aromatic rings. The second-order valence-corrected chi connectivity index (χ2v) is 9.14. The van der Waals surface area contributed by atoms with Crippen molar-refractivity contribution in [2.45, 2.75) is 5.92 Å². The van der Waals surface area contributed by atoms with Crippen LogP contribution in [0, 0.1) is 0 Å². The van der Waals surface area contributed by atoms with Crippen LogP contribution in [0.15, 0.2) is 69.9 Å². The number of hydrogen-bond donors (Lipinski definition) is 1. The highest BCUT2D eigenvalue weighted by molar-refractivity contribution is 5.99. The number of phenols is 1. The van der Waals surface area contributed by atoms with Crippen molar-refractivity contribution < 1.29 is 37.9 Å². The highest BCUT2D eigenvalue weighted by Gasteiger charge is 2.31. The van der Waals surface area contributed by atoms with Gasteiger partial charge in [0.15, 0.2) is 11.5 Å². The Labute approximate surface area is 236 Å². The third kappa shape index (κ3) is 4.59. The lowest BCUT2D eigenvalue weighted by Gasteiger charge is -2.25. The topological polar surface area (TPSA) is 106 Å². The summed E-state index contributed by atoms with van der Waals surface area (Å²) in [5, 5.41) is 11.3. The van der Waals surface area contributed by atoms with Crippen LogP contribution in [-0.2, 0) is 0 Å². The molecule has 4 aromatic carbocycles. The van der Waals surface area contributed by atoms with Crippen molar-refractivity contribution in [3.8, 4) is 40.2 Å². The van der Waals surface area contributed by atoms with E-state index in [0.29, 0.717) is 39.9 Å². The smallest absolute Gasteiger partial charge is 0.208 e. The van der Waals surface area contributed by atoms with Crippen LogP contribution < -0.4 is 33.8 Å². The lowest BCUT2D eigenvalue weighted by Crippen LogP contribution is -2.12. The maximum Gasteiger partial charge on any atom is 0.208 e. The van der Waals surface area contributed by atoms with Crippen molar-refractivity contribution in [1.29, 1.82) is 0 Å². The molecule has 0 aliphatic rings. The molecule has 212 valence electrons. The predicted octanol–water partition coefficient (Wildman–Crippen LogP) is 5.88. The number of aromatic hydroxyl groups is 1. The van der Waals surface area contributed by atoms with Crippen LogP contribution in [0.1, 0.15) is 22.6 Å². The Morgan fingerprint density at radius 1 is 0.659 bits per heavy atom. The van der Waals surface area contributed by atoms with Crippen molar-refractivity contribution in [3.05, 3.63) is 87.6 Å². The Morgan fingerprint density at radius 3 is 1.90 bits per heavy atom. The average Bonchev–Trinajstić information content (AvgIpc) is 3.01. The number of rotatable bonds is 9. The predicted molar refractivity (Wildman–Crippen MR) is 155 cm³/mol. The van der Waals surface area contributed by atoms with E-state index in [1.165, 1.54) is 27.4 Å². The summed E-state index contributed by atoms with van der Waals surface area (Å²) in [5.41, 5.74) is 1.92. The summed E-state index contributed by atoms with van der Waals surface area (Å²) in [4.78, 5) is 14.0. The fourth-order valence-electron chi connectivity index (χ4n) is 5.21. The van der Waals surface area contributed by atoms with Gasteiger partial charge in [-0.1, -0.05) is 30.3 Å². The molecule has 1 atom stereocenters. The second kappa shape index (κ2) is 11.2. The van der Waals surface area contributed by atoms with Crippen LogP contribution in [0.2, 0.25) is 0 Å². The molecule has 0 saturated heterocycles. The second-order valence-electron chi connectivity index (χ2n) is 9.14. The summed E-state index contributed by atoms with van der Waals surface area (Å²) >= 11 is 0. The van der Waals surface area contributed by atoms with Crippen molar-refractivity contribution in [3.63, 3.8) is 0 Å². The minimum Gasteiger partial charge on any atom is -0.507 e. The maximum atomic E-state index is 14.0. The fraction of sp³-hybridized carbons (Fsp3) is 0.219. The van der Waals surface area contributed by atoms with Crippen molar-refractivity contribution in [1.82, 2.24) is 0 Å². The van der Waals surface area contributed by atoms with E-state index in [1.54, 1.807) is 39.5 Å². The summed E-state index contributed by atoms with van der Waals surface area (Å²) in [6, 6.07) is 17.8. The van der Waals surface area contributed by atoms with Crippen LogP contribution in [-0.4, -0.2) is 47.8 Å². The molecule has 0 spiro atoms. The van der Waals surface area contributed by atoms with E-state index in [-0.39, 0.29) is 33.4 Å². The maximum absolute atomic E-state index is 14.0. The third-order valence-electron chi connectivity index (χ3n) is 7.11. The van der Waals surface area contributed by atoms with Gasteiger partial charge in [0.1, 0.15) is 50.7 Å². The minimum absolute atomic E-state index is 0.0165. The Balaban J connectivity index is 1.99. The summed E-state index contributed by atoms with van der Waals surface area (Å²) < 4.78 is 40.2. The van der Waals surface area contributed by atoms with E-state index < -0.39 is 11.3 Å². The average molecular weight is 559 g/mol. The molecule has 0 amide bonds. The first-order valence-corrected chi connectivity index (χ1v) is 12.7. The molecule has 0 saturated carbocycles. The van der Waals surface area contributed by atoms with Crippen LogP contribution in [0.5, 0.6) is 40.2 Å². The Morgan fingerprint density at radius 2 is 1.29 bits per heavy atom. The molecule has 1 N–H and O–H groups in total. The van der Waals surface area contributed by atoms with E-state index in [0.717, 1.165) is 5.56 Å². The molecule has 0 aliphatic carbocycles. The van der Waals surface area contributed by atoms with E-state index in [1.807, 2.05) is 36.4 Å². The zero-order valence-electron chi connectivity index (χ0n) is 23.6. The molecular weight excluding hydrogens is 528 g/mol. The van der Waals surface area contributed by atoms with Crippen molar-refractivity contribution in [2.75, 3.05) is 42.7 Å². The summed E-state index contributed by atoms with van der Waals surface area (Å²) in [6.45, 7) is 0.